The number of carbonyl (C=O) groups is 1. The maximum absolute atomic E-state index is 10.2. The van der Waals surface area contributed by atoms with E-state index < -0.39 is 0 Å². The summed E-state index contributed by atoms with van der Waals surface area (Å²) in [7, 11) is 0. The molecule has 1 aliphatic carbocycles. The van der Waals surface area contributed by atoms with Gasteiger partial charge in [0.2, 0.25) is 0 Å². The second-order valence-corrected chi connectivity index (χ2v) is 2.84. The fraction of sp³-hybridized carbons (Fsp3) is 0.857. The largest absolute Gasteiger partial charge is 0.396 e. The Hall–Kier alpha value is -0.370. The Morgan fingerprint density at radius 1 is 1.89 bits per heavy atom. The summed E-state index contributed by atoms with van der Waals surface area (Å²) in [5.41, 5.74) is 0. The molecule has 0 aromatic rings. The Bertz CT molecular complexity index is 111. The fourth-order valence-corrected chi connectivity index (χ4v) is 1.23. The first-order valence-electron chi connectivity index (χ1n) is 3.35. The van der Waals surface area contributed by atoms with Crippen LogP contribution in [0.3, 0.4) is 0 Å². The van der Waals surface area contributed by atoms with Crippen LogP contribution in [-0.4, -0.2) is 18.0 Å². The minimum Gasteiger partial charge on any atom is -0.396 e. The number of carbonyl (C=O) groups excluding carboxylic acids is 1. The van der Waals surface area contributed by atoms with E-state index in [1.807, 2.05) is 6.92 Å². The highest BCUT2D eigenvalue weighted by molar-refractivity contribution is 5.54. The molecule has 1 N–H and O–H groups in total. The third kappa shape index (κ3) is 1.30. The lowest BCUT2D eigenvalue weighted by Crippen LogP contribution is -2.01. The minimum atomic E-state index is 0.155. The molecule has 3 atom stereocenters. The van der Waals surface area contributed by atoms with Crippen molar-refractivity contribution in [3.05, 3.63) is 0 Å². The van der Waals surface area contributed by atoms with Crippen molar-refractivity contribution < 1.29 is 9.90 Å². The third-order valence-electron chi connectivity index (χ3n) is 2.10. The molecule has 0 heterocycles. The smallest absolute Gasteiger partial charge is 0.123 e. The van der Waals surface area contributed by atoms with Gasteiger partial charge in [-0.15, -0.1) is 0 Å². The van der Waals surface area contributed by atoms with E-state index in [0.29, 0.717) is 11.8 Å². The first kappa shape index (κ1) is 6.75. The van der Waals surface area contributed by atoms with Gasteiger partial charge in [-0.25, -0.2) is 0 Å². The molecule has 2 heteroatoms. The van der Waals surface area contributed by atoms with Gasteiger partial charge in [-0.3, -0.25) is 0 Å². The van der Waals surface area contributed by atoms with Gasteiger partial charge in [0, 0.05) is 12.5 Å². The van der Waals surface area contributed by atoms with Gasteiger partial charge in [-0.1, -0.05) is 6.92 Å². The van der Waals surface area contributed by atoms with Crippen LogP contribution in [0.4, 0.5) is 0 Å². The van der Waals surface area contributed by atoms with Crippen LogP contribution in [-0.2, 0) is 4.79 Å². The van der Waals surface area contributed by atoms with Crippen molar-refractivity contribution >= 4 is 6.29 Å². The highest BCUT2D eigenvalue weighted by atomic mass is 16.3. The molecule has 2 nitrogen and oxygen atoms in total. The van der Waals surface area contributed by atoms with Gasteiger partial charge in [0.05, 0.1) is 0 Å². The van der Waals surface area contributed by atoms with Crippen molar-refractivity contribution in [3.63, 3.8) is 0 Å². The monoisotopic (exact) mass is 128 g/mol. The van der Waals surface area contributed by atoms with E-state index >= 15 is 0 Å². The summed E-state index contributed by atoms with van der Waals surface area (Å²) in [6, 6.07) is 0. The van der Waals surface area contributed by atoms with Crippen LogP contribution in [0.5, 0.6) is 0 Å². The summed E-state index contributed by atoms with van der Waals surface area (Å²) in [6.45, 7) is 2.16. The van der Waals surface area contributed by atoms with Crippen molar-refractivity contribution in [1.82, 2.24) is 0 Å². The van der Waals surface area contributed by atoms with Crippen molar-refractivity contribution in [2.24, 2.45) is 17.8 Å². The van der Waals surface area contributed by atoms with E-state index in [-0.39, 0.29) is 12.5 Å². The molecule has 52 valence electrons. The summed E-state index contributed by atoms with van der Waals surface area (Å²) in [5.74, 6) is 1.06. The highest BCUT2D eigenvalue weighted by Crippen LogP contribution is 2.42. The Morgan fingerprint density at radius 2 is 2.56 bits per heavy atom. The zero-order chi connectivity index (χ0) is 6.85. The summed E-state index contributed by atoms with van der Waals surface area (Å²) in [6.07, 6.45) is 2.01. The standard InChI is InChI=1S/C7H12O2/c1-5(3-8)7-2-6(7)4-9/h3,5-7,9H,2,4H2,1H3. The molecule has 1 saturated carbocycles. The van der Waals surface area contributed by atoms with Gasteiger partial charge in [0.25, 0.3) is 0 Å². The molecule has 0 spiro atoms. The molecule has 0 aliphatic heterocycles. The van der Waals surface area contributed by atoms with Crippen molar-refractivity contribution in [1.29, 1.82) is 0 Å². The van der Waals surface area contributed by atoms with Gasteiger partial charge >= 0.3 is 0 Å². The van der Waals surface area contributed by atoms with E-state index in [1.165, 1.54) is 0 Å². The van der Waals surface area contributed by atoms with Gasteiger partial charge in [-0.2, -0.15) is 0 Å². The Balaban J connectivity index is 2.24. The average molecular weight is 128 g/mol. The van der Waals surface area contributed by atoms with Crippen LogP contribution in [0.1, 0.15) is 13.3 Å². The van der Waals surface area contributed by atoms with Crippen molar-refractivity contribution in [3.8, 4) is 0 Å². The van der Waals surface area contributed by atoms with E-state index in [0.717, 1.165) is 12.7 Å². The maximum atomic E-state index is 10.2. The van der Waals surface area contributed by atoms with Gasteiger partial charge in [0.15, 0.2) is 0 Å². The van der Waals surface area contributed by atoms with Crippen LogP contribution >= 0.6 is 0 Å². The molecular formula is C7H12O2. The summed E-state index contributed by atoms with van der Waals surface area (Å²) in [5, 5.41) is 8.60. The minimum absolute atomic E-state index is 0.155. The molecule has 1 aliphatic rings. The Labute approximate surface area is 54.9 Å². The normalized spacial score (nSPS) is 35.8. The lowest BCUT2D eigenvalue weighted by molar-refractivity contribution is -0.111. The van der Waals surface area contributed by atoms with E-state index in [2.05, 4.69) is 0 Å². The molecule has 0 aromatic carbocycles. The SMILES string of the molecule is CC(C=O)C1CC1CO. The van der Waals surface area contributed by atoms with Crippen molar-refractivity contribution in [2.75, 3.05) is 6.61 Å². The fourth-order valence-electron chi connectivity index (χ4n) is 1.23. The maximum Gasteiger partial charge on any atom is 0.123 e. The van der Waals surface area contributed by atoms with Crippen LogP contribution in [0, 0.1) is 17.8 Å². The zero-order valence-corrected chi connectivity index (χ0v) is 5.58. The van der Waals surface area contributed by atoms with Crippen LogP contribution in [0.2, 0.25) is 0 Å². The van der Waals surface area contributed by atoms with E-state index in [1.54, 1.807) is 0 Å². The summed E-state index contributed by atoms with van der Waals surface area (Å²) >= 11 is 0. The predicted molar refractivity (Wildman–Crippen MR) is 33.9 cm³/mol. The van der Waals surface area contributed by atoms with Crippen molar-refractivity contribution in [2.45, 2.75) is 13.3 Å². The van der Waals surface area contributed by atoms with Gasteiger partial charge in [-0.05, 0) is 18.3 Å². The molecule has 1 fully saturated rings. The Morgan fingerprint density at radius 3 is 2.89 bits per heavy atom. The Kier molecular flexibility index (Phi) is 1.86. The third-order valence-corrected chi connectivity index (χ3v) is 2.10. The number of hydrogen-bond donors (Lipinski definition) is 1. The molecular weight excluding hydrogens is 116 g/mol. The van der Waals surface area contributed by atoms with Gasteiger partial charge < -0.3 is 9.90 Å². The quantitative estimate of drug-likeness (QED) is 0.560. The predicted octanol–water partition coefficient (Wildman–Crippen LogP) is 0.450. The number of rotatable bonds is 3. The molecule has 0 amide bonds. The number of aliphatic hydroxyl groups is 1. The highest BCUT2D eigenvalue weighted by Gasteiger charge is 2.39. The lowest BCUT2D eigenvalue weighted by Gasteiger charge is -1.97. The molecule has 3 unspecified atom stereocenters. The molecule has 9 heavy (non-hydrogen) atoms. The van der Waals surface area contributed by atoms with E-state index in [9.17, 15) is 4.79 Å². The first-order valence-corrected chi connectivity index (χ1v) is 3.35. The molecule has 0 aromatic heterocycles. The number of aldehydes is 1. The lowest BCUT2D eigenvalue weighted by atomic mass is 10.1. The number of hydrogen-bond acceptors (Lipinski definition) is 2. The molecule has 0 radical (unpaired) electrons. The van der Waals surface area contributed by atoms with Gasteiger partial charge in [0.1, 0.15) is 6.29 Å². The number of aliphatic hydroxyl groups excluding tert-OH is 1. The molecule has 1 rings (SSSR count). The van der Waals surface area contributed by atoms with E-state index in [4.69, 9.17) is 5.11 Å². The second kappa shape index (κ2) is 2.48. The second-order valence-electron chi connectivity index (χ2n) is 2.84. The topological polar surface area (TPSA) is 37.3 Å². The van der Waals surface area contributed by atoms with Crippen LogP contribution < -0.4 is 0 Å². The average Bonchev–Trinajstić information content (AvgIpc) is 2.64. The summed E-state index contributed by atoms with van der Waals surface area (Å²) < 4.78 is 0. The molecule has 0 saturated heterocycles. The molecule has 0 bridgehead atoms. The first-order chi connectivity index (χ1) is 4.29. The van der Waals surface area contributed by atoms with Crippen LogP contribution in [0.25, 0.3) is 0 Å². The zero-order valence-electron chi connectivity index (χ0n) is 5.58. The summed E-state index contributed by atoms with van der Waals surface area (Å²) in [4.78, 5) is 10.2. The van der Waals surface area contributed by atoms with Crippen LogP contribution in [0.15, 0.2) is 0 Å².